The Balaban J connectivity index is 1.36. The molecule has 0 saturated carbocycles. The number of benzene rings is 2. The van der Waals surface area contributed by atoms with Gasteiger partial charge in [-0.25, -0.2) is 4.79 Å². The summed E-state index contributed by atoms with van der Waals surface area (Å²) in [4.78, 5) is 12.6. The van der Waals surface area contributed by atoms with Crippen LogP contribution in [-0.4, -0.2) is 49.3 Å². The summed E-state index contributed by atoms with van der Waals surface area (Å²) < 4.78 is 10.9. The van der Waals surface area contributed by atoms with E-state index in [1.54, 1.807) is 0 Å². The van der Waals surface area contributed by atoms with Crippen molar-refractivity contribution >= 4 is 6.09 Å². The monoisotopic (exact) mass is 424 g/mol. The maximum atomic E-state index is 12.6. The molecule has 2 aromatic rings. The van der Waals surface area contributed by atoms with E-state index in [1.165, 1.54) is 22.3 Å². The van der Waals surface area contributed by atoms with Crippen LogP contribution in [0.1, 0.15) is 43.7 Å². The summed E-state index contributed by atoms with van der Waals surface area (Å²) in [5.41, 5.74) is 4.83. The average molecular weight is 425 g/mol. The molecule has 166 valence electrons. The predicted octanol–water partition coefficient (Wildman–Crippen LogP) is 3.64. The number of aliphatic hydroxyl groups is 1. The van der Waals surface area contributed by atoms with Crippen molar-refractivity contribution < 1.29 is 19.4 Å². The van der Waals surface area contributed by atoms with Gasteiger partial charge in [-0.3, -0.25) is 0 Å². The molecule has 3 N–H and O–H groups in total. The Bertz CT molecular complexity index is 855. The van der Waals surface area contributed by atoms with Crippen molar-refractivity contribution in [1.82, 2.24) is 10.6 Å². The Labute approximate surface area is 184 Å². The molecule has 0 aromatic heterocycles. The van der Waals surface area contributed by atoms with E-state index in [0.717, 1.165) is 12.8 Å². The van der Waals surface area contributed by atoms with Crippen LogP contribution in [0.15, 0.2) is 48.5 Å². The highest BCUT2D eigenvalue weighted by Crippen LogP contribution is 2.44. The molecule has 1 aliphatic carbocycles. The van der Waals surface area contributed by atoms with Crippen molar-refractivity contribution in [3.8, 4) is 11.1 Å². The first-order valence-corrected chi connectivity index (χ1v) is 11.2. The van der Waals surface area contributed by atoms with Crippen LogP contribution in [-0.2, 0) is 9.47 Å². The second-order valence-electron chi connectivity index (χ2n) is 8.86. The van der Waals surface area contributed by atoms with E-state index in [-0.39, 0.29) is 18.0 Å². The molecule has 4 rings (SSSR count). The second-order valence-corrected chi connectivity index (χ2v) is 8.86. The maximum absolute atomic E-state index is 12.6. The van der Waals surface area contributed by atoms with Gasteiger partial charge in [-0.05, 0) is 41.0 Å². The average Bonchev–Trinajstić information content (AvgIpc) is 3.31. The molecule has 2 aliphatic rings. The fraction of sp³-hybridized carbons (Fsp3) is 0.480. The Hall–Kier alpha value is -2.41. The number of rotatable bonds is 8. The highest BCUT2D eigenvalue weighted by molar-refractivity contribution is 5.79. The molecule has 1 fully saturated rings. The molecule has 1 aliphatic heterocycles. The van der Waals surface area contributed by atoms with Gasteiger partial charge in [-0.2, -0.15) is 0 Å². The minimum atomic E-state index is -0.783. The van der Waals surface area contributed by atoms with Gasteiger partial charge < -0.3 is 25.2 Å². The molecule has 31 heavy (non-hydrogen) atoms. The lowest BCUT2D eigenvalue weighted by molar-refractivity contribution is -0.0718. The van der Waals surface area contributed by atoms with Crippen molar-refractivity contribution in [3.63, 3.8) is 0 Å². The normalized spacial score (nSPS) is 21.0. The molecular formula is C25H32N2O4. The molecule has 0 radical (unpaired) electrons. The van der Waals surface area contributed by atoms with Crippen LogP contribution in [0.3, 0.4) is 0 Å². The molecule has 6 heteroatoms. The van der Waals surface area contributed by atoms with Gasteiger partial charge in [-0.15, -0.1) is 0 Å². The first-order valence-electron chi connectivity index (χ1n) is 11.2. The molecule has 1 amide bonds. The Morgan fingerprint density at radius 2 is 1.77 bits per heavy atom. The van der Waals surface area contributed by atoms with Crippen LogP contribution in [0.25, 0.3) is 11.1 Å². The van der Waals surface area contributed by atoms with E-state index in [4.69, 9.17) is 9.47 Å². The molecule has 1 unspecified atom stereocenters. The lowest BCUT2D eigenvalue weighted by Gasteiger charge is -2.24. The number of hydrogen-bond donors (Lipinski definition) is 3. The lowest BCUT2D eigenvalue weighted by atomic mass is 9.98. The zero-order chi connectivity index (χ0) is 21.8. The molecule has 0 bridgehead atoms. The SMILES string of the molecule is CC(C)C[C@H](CN[C@H]1CCOC1O)NC(=O)OCC1c2ccccc2-c2ccccc21. The molecular weight excluding hydrogens is 392 g/mol. The molecule has 1 heterocycles. The van der Waals surface area contributed by atoms with Crippen molar-refractivity contribution in [1.29, 1.82) is 0 Å². The number of aliphatic hydroxyl groups excluding tert-OH is 1. The summed E-state index contributed by atoms with van der Waals surface area (Å²) in [7, 11) is 0. The summed E-state index contributed by atoms with van der Waals surface area (Å²) in [5, 5.41) is 16.2. The van der Waals surface area contributed by atoms with Gasteiger partial charge in [0, 0.05) is 18.5 Å². The Morgan fingerprint density at radius 3 is 2.35 bits per heavy atom. The first-order chi connectivity index (χ1) is 15.0. The van der Waals surface area contributed by atoms with E-state index < -0.39 is 12.4 Å². The summed E-state index contributed by atoms with van der Waals surface area (Å²) >= 11 is 0. The number of carbonyl (C=O) groups is 1. The van der Waals surface area contributed by atoms with Crippen molar-refractivity contribution in [2.75, 3.05) is 19.8 Å². The molecule has 6 nitrogen and oxygen atoms in total. The van der Waals surface area contributed by atoms with Crippen molar-refractivity contribution in [2.45, 2.75) is 51.0 Å². The van der Waals surface area contributed by atoms with E-state index in [2.05, 4.69) is 48.7 Å². The van der Waals surface area contributed by atoms with Crippen LogP contribution >= 0.6 is 0 Å². The number of hydrogen-bond acceptors (Lipinski definition) is 5. The fourth-order valence-electron chi connectivity index (χ4n) is 4.64. The number of ether oxygens (including phenoxy) is 2. The molecule has 2 aromatic carbocycles. The fourth-order valence-corrected chi connectivity index (χ4v) is 4.64. The van der Waals surface area contributed by atoms with Gasteiger partial charge in [0.1, 0.15) is 6.61 Å². The van der Waals surface area contributed by atoms with E-state index in [0.29, 0.717) is 25.7 Å². The van der Waals surface area contributed by atoms with Crippen LogP contribution in [0.5, 0.6) is 0 Å². The predicted molar refractivity (Wildman–Crippen MR) is 120 cm³/mol. The number of alkyl carbamates (subject to hydrolysis) is 1. The minimum absolute atomic E-state index is 0.0469. The number of nitrogens with one attached hydrogen (secondary N) is 2. The second kappa shape index (κ2) is 9.81. The number of carbonyl (C=O) groups excluding carboxylic acids is 1. The summed E-state index contributed by atoms with van der Waals surface area (Å²) in [5.74, 6) is 0.469. The van der Waals surface area contributed by atoms with E-state index in [9.17, 15) is 9.90 Å². The molecule has 0 spiro atoms. The van der Waals surface area contributed by atoms with Gasteiger partial charge in [0.25, 0.3) is 0 Å². The summed E-state index contributed by atoms with van der Waals surface area (Å²) in [6.45, 7) is 5.66. The number of amides is 1. The maximum Gasteiger partial charge on any atom is 0.407 e. The van der Waals surface area contributed by atoms with E-state index in [1.807, 2.05) is 24.3 Å². The third-order valence-electron chi connectivity index (χ3n) is 6.11. The highest BCUT2D eigenvalue weighted by atomic mass is 16.6. The standard InChI is InChI=1S/C25H32N2O4/c1-16(2)13-17(14-26-23-11-12-30-24(23)28)27-25(29)31-15-22-20-9-5-3-7-18(20)19-8-4-6-10-21(19)22/h3-10,16-17,22-24,26,28H,11-15H2,1-2H3,(H,27,29)/t17-,23+,24?/m1/s1. The molecule has 3 atom stereocenters. The van der Waals surface area contributed by atoms with Crippen molar-refractivity contribution in [3.05, 3.63) is 59.7 Å². The zero-order valence-electron chi connectivity index (χ0n) is 18.2. The highest BCUT2D eigenvalue weighted by Gasteiger charge is 2.30. The van der Waals surface area contributed by atoms with Crippen molar-refractivity contribution in [2.24, 2.45) is 5.92 Å². The van der Waals surface area contributed by atoms with Gasteiger partial charge in [-0.1, -0.05) is 62.4 Å². The van der Waals surface area contributed by atoms with Gasteiger partial charge >= 0.3 is 6.09 Å². The Kier molecular flexibility index (Phi) is 6.90. The van der Waals surface area contributed by atoms with Crippen LogP contribution < -0.4 is 10.6 Å². The smallest absolute Gasteiger partial charge is 0.407 e. The first kappa shape index (κ1) is 21.8. The summed E-state index contributed by atoms with van der Waals surface area (Å²) in [6, 6.07) is 16.4. The van der Waals surface area contributed by atoms with Crippen LogP contribution in [0, 0.1) is 5.92 Å². The largest absolute Gasteiger partial charge is 0.449 e. The third kappa shape index (κ3) is 5.09. The summed E-state index contributed by atoms with van der Waals surface area (Å²) in [6.07, 6.45) is 0.396. The minimum Gasteiger partial charge on any atom is -0.449 e. The quantitative estimate of drug-likeness (QED) is 0.603. The lowest BCUT2D eigenvalue weighted by Crippen LogP contribution is -2.47. The van der Waals surface area contributed by atoms with Gasteiger partial charge in [0.05, 0.1) is 12.6 Å². The van der Waals surface area contributed by atoms with Crippen LogP contribution in [0.4, 0.5) is 4.79 Å². The third-order valence-corrected chi connectivity index (χ3v) is 6.11. The van der Waals surface area contributed by atoms with Crippen LogP contribution in [0.2, 0.25) is 0 Å². The van der Waals surface area contributed by atoms with E-state index >= 15 is 0 Å². The zero-order valence-corrected chi connectivity index (χ0v) is 18.2. The van der Waals surface area contributed by atoms with Gasteiger partial charge in [0.2, 0.25) is 0 Å². The number of fused-ring (bicyclic) bond motifs is 3. The Morgan fingerprint density at radius 1 is 1.13 bits per heavy atom. The molecule has 1 saturated heterocycles. The van der Waals surface area contributed by atoms with Gasteiger partial charge in [0.15, 0.2) is 6.29 Å². The topological polar surface area (TPSA) is 79.8 Å².